The Morgan fingerprint density at radius 2 is 0.705 bits per heavy atom. The fraction of sp³-hybridized carbons (Fsp3) is 0. The fourth-order valence-electron chi connectivity index (χ4n) is 8.28. The van der Waals surface area contributed by atoms with Gasteiger partial charge >= 0.3 is 0 Å². The second-order valence-corrected chi connectivity index (χ2v) is 14.8. The van der Waals surface area contributed by atoms with Crippen molar-refractivity contribution in [2.45, 2.75) is 0 Å². The summed E-state index contributed by atoms with van der Waals surface area (Å²) in [4.78, 5) is 12.4. The number of carbonyl (C=O) groups excluding carboxylic acids is 1. The van der Waals surface area contributed by atoms with E-state index in [4.69, 9.17) is 13.3 Å². The van der Waals surface area contributed by atoms with Crippen LogP contribution < -0.4 is 0 Å². The highest BCUT2D eigenvalue weighted by molar-refractivity contribution is 6.15. The molecule has 3 heterocycles. The number of allylic oxidation sites excluding steroid dienone is 4. The Bertz CT molecular complexity index is 3360. The van der Waals surface area contributed by atoms with E-state index in [1.807, 2.05) is 60.7 Å². The predicted molar refractivity (Wildman–Crippen MR) is 252 cm³/mol. The highest BCUT2D eigenvalue weighted by Crippen LogP contribution is 2.41. The minimum atomic E-state index is -0.0721. The summed E-state index contributed by atoms with van der Waals surface area (Å²) in [5, 5.41) is 6.43. The van der Waals surface area contributed by atoms with Crippen LogP contribution in [0.5, 0.6) is 0 Å². The Hall–Kier alpha value is -8.21. The molecule has 8 aromatic carbocycles. The maximum Gasteiger partial charge on any atom is 0.193 e. The van der Waals surface area contributed by atoms with E-state index in [1.54, 1.807) is 24.3 Å². The molecular weight excluding hydrogens is 749 g/mol. The molecule has 0 N–H and O–H groups in total. The first-order valence-corrected chi connectivity index (χ1v) is 20.2. The van der Waals surface area contributed by atoms with Crippen molar-refractivity contribution in [2.24, 2.45) is 0 Å². The lowest BCUT2D eigenvalue weighted by molar-refractivity contribution is 0.103. The van der Waals surface area contributed by atoms with Crippen LogP contribution in [0, 0.1) is 0 Å². The van der Waals surface area contributed by atoms with Crippen molar-refractivity contribution in [1.29, 1.82) is 0 Å². The smallest absolute Gasteiger partial charge is 0.193 e. The van der Waals surface area contributed by atoms with Crippen molar-refractivity contribution >= 4 is 82.7 Å². The van der Waals surface area contributed by atoms with Gasteiger partial charge < -0.3 is 13.3 Å². The monoisotopic (exact) mass is 786 g/mol. The fourth-order valence-corrected chi connectivity index (χ4v) is 8.28. The zero-order valence-corrected chi connectivity index (χ0v) is 33.2. The van der Waals surface area contributed by atoms with E-state index < -0.39 is 0 Å². The summed E-state index contributed by atoms with van der Waals surface area (Å²) in [5.41, 5.74) is 13.3. The van der Waals surface area contributed by atoms with Gasteiger partial charge in [0.1, 0.15) is 33.5 Å². The number of furan rings is 3. The van der Waals surface area contributed by atoms with Crippen molar-refractivity contribution in [3.63, 3.8) is 0 Å². The number of hydrogen-bond donors (Lipinski definition) is 0. The van der Waals surface area contributed by atoms with Crippen LogP contribution in [0.15, 0.2) is 238 Å². The SMILES string of the molecule is C=C/C=C(\C=C)C(=O)c1ccc2oc3ccccc3c2c1.c1ccc(C(=C(c2ccccc2)c2ccc3oc4ccccc4c3c2)c2ccc3oc4ccccc4c3c2)cc1. The third-order valence-electron chi connectivity index (χ3n) is 11.1. The number of benzene rings is 8. The van der Waals surface area contributed by atoms with Gasteiger partial charge in [-0.15, -0.1) is 0 Å². The van der Waals surface area contributed by atoms with E-state index in [1.165, 1.54) is 11.1 Å². The Kier molecular flexibility index (Phi) is 9.64. The number of rotatable bonds is 8. The van der Waals surface area contributed by atoms with E-state index in [0.29, 0.717) is 11.1 Å². The average Bonchev–Trinajstić information content (AvgIpc) is 4.01. The molecule has 0 bridgehead atoms. The quantitative estimate of drug-likeness (QED) is 0.0666. The number of fused-ring (bicyclic) bond motifs is 9. The normalized spacial score (nSPS) is 12.2. The second kappa shape index (κ2) is 15.9. The van der Waals surface area contributed by atoms with Gasteiger partial charge in [-0.05, 0) is 94.1 Å². The Balaban J connectivity index is 0.000000179. The van der Waals surface area contributed by atoms with Gasteiger partial charge in [0.2, 0.25) is 0 Å². The summed E-state index contributed by atoms with van der Waals surface area (Å²) in [6, 6.07) is 64.2. The van der Waals surface area contributed by atoms with Gasteiger partial charge in [-0.1, -0.05) is 159 Å². The largest absolute Gasteiger partial charge is 0.456 e. The van der Waals surface area contributed by atoms with Crippen molar-refractivity contribution < 1.29 is 18.0 Å². The van der Waals surface area contributed by atoms with Crippen LogP contribution in [-0.2, 0) is 0 Å². The maximum absolute atomic E-state index is 12.4. The Morgan fingerprint density at radius 3 is 1.10 bits per heavy atom. The maximum atomic E-state index is 12.4. The molecule has 4 nitrogen and oxygen atoms in total. The van der Waals surface area contributed by atoms with E-state index in [-0.39, 0.29) is 5.78 Å². The molecule has 0 atom stereocenters. The van der Waals surface area contributed by atoms with Crippen LogP contribution in [-0.4, -0.2) is 5.78 Å². The molecule has 0 unspecified atom stereocenters. The van der Waals surface area contributed by atoms with Gasteiger partial charge in [-0.3, -0.25) is 4.79 Å². The van der Waals surface area contributed by atoms with E-state index in [9.17, 15) is 4.79 Å². The number of para-hydroxylation sites is 3. The van der Waals surface area contributed by atoms with E-state index in [2.05, 4.69) is 134 Å². The molecule has 290 valence electrons. The molecule has 0 aliphatic heterocycles. The summed E-state index contributed by atoms with van der Waals surface area (Å²) in [7, 11) is 0. The molecule has 3 aromatic heterocycles. The minimum Gasteiger partial charge on any atom is -0.456 e. The molecule has 0 aliphatic rings. The Labute approximate surface area is 352 Å². The van der Waals surface area contributed by atoms with E-state index >= 15 is 0 Å². The average molecular weight is 787 g/mol. The minimum absolute atomic E-state index is 0.0721. The van der Waals surface area contributed by atoms with Gasteiger partial charge in [0, 0.05) is 43.5 Å². The van der Waals surface area contributed by atoms with Gasteiger partial charge in [-0.25, -0.2) is 0 Å². The van der Waals surface area contributed by atoms with Crippen molar-refractivity contribution in [2.75, 3.05) is 0 Å². The summed E-state index contributed by atoms with van der Waals surface area (Å²) in [6.45, 7) is 7.29. The molecule has 11 aromatic rings. The predicted octanol–water partition coefficient (Wildman–Crippen LogP) is 15.6. The first-order chi connectivity index (χ1) is 30.1. The molecule has 0 fully saturated rings. The van der Waals surface area contributed by atoms with Crippen LogP contribution in [0.1, 0.15) is 32.6 Å². The molecule has 0 saturated heterocycles. The van der Waals surface area contributed by atoms with Crippen LogP contribution in [0.25, 0.3) is 77.0 Å². The zero-order chi connectivity index (χ0) is 41.3. The first kappa shape index (κ1) is 37.1. The molecule has 0 amide bonds. The van der Waals surface area contributed by atoms with Crippen molar-refractivity contribution in [3.8, 4) is 0 Å². The highest BCUT2D eigenvalue weighted by atomic mass is 16.3. The number of carbonyl (C=O) groups is 1. The number of hydrogen-bond acceptors (Lipinski definition) is 4. The third-order valence-corrected chi connectivity index (χ3v) is 11.1. The zero-order valence-electron chi connectivity index (χ0n) is 33.2. The lowest BCUT2D eigenvalue weighted by Gasteiger charge is -2.18. The van der Waals surface area contributed by atoms with Crippen LogP contribution in [0.2, 0.25) is 0 Å². The molecule has 11 rings (SSSR count). The molecule has 0 radical (unpaired) electrons. The molecular formula is C57H38O4. The topological polar surface area (TPSA) is 56.5 Å². The molecule has 61 heavy (non-hydrogen) atoms. The van der Waals surface area contributed by atoms with Gasteiger partial charge in [0.05, 0.1) is 0 Å². The highest BCUT2D eigenvalue weighted by Gasteiger charge is 2.20. The molecule has 0 aliphatic carbocycles. The lowest BCUT2D eigenvalue weighted by atomic mass is 9.85. The molecule has 0 spiro atoms. The molecule has 4 heteroatoms. The summed E-state index contributed by atoms with van der Waals surface area (Å²) in [5.74, 6) is -0.0721. The number of Topliss-reactive ketones (excluding diaryl/α,β-unsaturated/α-hetero) is 1. The Morgan fingerprint density at radius 1 is 0.361 bits per heavy atom. The first-order valence-electron chi connectivity index (χ1n) is 20.2. The van der Waals surface area contributed by atoms with Gasteiger partial charge in [0.15, 0.2) is 5.78 Å². The standard InChI is InChI=1S/C38H24O2.C19H14O2/c1-3-11-25(12-4-1)37(27-19-21-35-31(23-27)29-15-7-9-17-33(29)39-35)38(26-13-5-2-6-14-26)28-20-22-36-32(24-28)30-16-8-10-18-34(30)40-36;1-3-7-13(4-2)19(20)14-10-11-18-16(12-14)15-8-5-6-9-17(15)21-18/h1-24H;3-12H,1-2H2/b;13-7+. The van der Waals surface area contributed by atoms with Crippen LogP contribution in [0.4, 0.5) is 0 Å². The van der Waals surface area contributed by atoms with Gasteiger partial charge in [0.25, 0.3) is 0 Å². The van der Waals surface area contributed by atoms with Gasteiger partial charge in [-0.2, -0.15) is 0 Å². The summed E-state index contributed by atoms with van der Waals surface area (Å²) in [6.07, 6.45) is 4.79. The van der Waals surface area contributed by atoms with Crippen LogP contribution >= 0.6 is 0 Å². The summed E-state index contributed by atoms with van der Waals surface area (Å²) >= 11 is 0. The lowest BCUT2D eigenvalue weighted by Crippen LogP contribution is -2.00. The number of ketones is 1. The third kappa shape index (κ3) is 6.86. The second-order valence-electron chi connectivity index (χ2n) is 14.8. The van der Waals surface area contributed by atoms with Crippen molar-refractivity contribution in [3.05, 3.63) is 253 Å². The summed E-state index contributed by atoms with van der Waals surface area (Å²) < 4.78 is 18.1. The molecule has 0 saturated carbocycles. The van der Waals surface area contributed by atoms with Crippen molar-refractivity contribution in [1.82, 2.24) is 0 Å². The van der Waals surface area contributed by atoms with E-state index in [0.717, 1.165) is 88.1 Å². The van der Waals surface area contributed by atoms with Crippen LogP contribution in [0.3, 0.4) is 0 Å².